The largest absolute Gasteiger partial charge is 0.339 e. The molecule has 0 spiro atoms. The Labute approximate surface area is 146 Å². The number of aryl methyl sites for hydroxylation is 1. The average molecular weight is 331 g/mol. The average Bonchev–Trinajstić information content (AvgIpc) is 2.68. The number of carbonyl (C=O) groups excluding carboxylic acids is 2. The van der Waals surface area contributed by atoms with E-state index in [1.165, 1.54) is 0 Å². The summed E-state index contributed by atoms with van der Waals surface area (Å²) in [6.45, 7) is 0.499. The lowest BCUT2D eigenvalue weighted by atomic mass is 10.1. The molecule has 0 atom stereocenters. The number of pyridine rings is 1. The van der Waals surface area contributed by atoms with Crippen molar-refractivity contribution >= 4 is 17.5 Å². The monoisotopic (exact) mass is 331 g/mol. The van der Waals surface area contributed by atoms with Gasteiger partial charge in [-0.1, -0.05) is 54.6 Å². The standard InChI is InChI=1S/C21H18N2O2/c24-19(17-9-3-1-4-10-17)14-16-23-15-8-7-13-20(23)22-21(25)18-11-5-2-6-12-18/h1-13,15H,14,16H2/p+1. The Kier molecular flexibility index (Phi) is 5.32. The molecule has 0 saturated carbocycles. The highest BCUT2D eigenvalue weighted by atomic mass is 16.1. The van der Waals surface area contributed by atoms with Crippen LogP contribution in [0.2, 0.25) is 0 Å². The summed E-state index contributed by atoms with van der Waals surface area (Å²) in [4.78, 5) is 24.6. The van der Waals surface area contributed by atoms with E-state index in [-0.39, 0.29) is 11.7 Å². The van der Waals surface area contributed by atoms with Gasteiger partial charge in [-0.2, -0.15) is 0 Å². The number of nitrogens with zero attached hydrogens (tertiary/aromatic N) is 1. The second kappa shape index (κ2) is 8.02. The molecule has 124 valence electrons. The van der Waals surface area contributed by atoms with Crippen LogP contribution in [0.5, 0.6) is 0 Å². The number of amides is 1. The number of ketones is 1. The molecule has 1 N–H and O–H groups in total. The van der Waals surface area contributed by atoms with Crippen LogP contribution in [0.1, 0.15) is 27.1 Å². The second-order valence-corrected chi connectivity index (χ2v) is 5.64. The molecule has 1 heterocycles. The topological polar surface area (TPSA) is 50.0 Å². The normalized spacial score (nSPS) is 10.2. The quantitative estimate of drug-likeness (QED) is 0.555. The summed E-state index contributed by atoms with van der Waals surface area (Å²) >= 11 is 0. The third-order valence-electron chi connectivity index (χ3n) is 3.89. The number of hydrogen-bond donors (Lipinski definition) is 1. The summed E-state index contributed by atoms with van der Waals surface area (Å²) in [5, 5.41) is 2.90. The van der Waals surface area contributed by atoms with Crippen molar-refractivity contribution in [1.29, 1.82) is 0 Å². The summed E-state index contributed by atoms with van der Waals surface area (Å²) < 4.78 is 1.88. The minimum Gasteiger partial charge on any atom is -0.294 e. The predicted octanol–water partition coefficient (Wildman–Crippen LogP) is 3.50. The Balaban J connectivity index is 1.69. The van der Waals surface area contributed by atoms with E-state index in [0.717, 1.165) is 0 Å². The molecule has 4 heteroatoms. The molecule has 2 aromatic carbocycles. The van der Waals surface area contributed by atoms with Gasteiger partial charge in [0, 0.05) is 18.1 Å². The maximum atomic E-state index is 12.3. The fraction of sp³-hybridized carbons (Fsp3) is 0.0952. The summed E-state index contributed by atoms with van der Waals surface area (Å²) in [6, 6.07) is 23.8. The SMILES string of the molecule is O=C(CC[n+]1ccccc1NC(=O)c1ccccc1)c1ccccc1. The van der Waals surface area contributed by atoms with E-state index in [1.54, 1.807) is 12.1 Å². The first-order chi connectivity index (χ1) is 12.2. The van der Waals surface area contributed by atoms with Crippen LogP contribution < -0.4 is 9.88 Å². The van der Waals surface area contributed by atoms with Crippen molar-refractivity contribution < 1.29 is 14.2 Å². The van der Waals surface area contributed by atoms with E-state index in [2.05, 4.69) is 5.32 Å². The summed E-state index contributed by atoms with van der Waals surface area (Å²) in [7, 11) is 0. The molecule has 1 amide bonds. The van der Waals surface area contributed by atoms with Gasteiger partial charge in [-0.3, -0.25) is 4.79 Å². The van der Waals surface area contributed by atoms with Crippen LogP contribution in [-0.2, 0) is 6.54 Å². The summed E-state index contributed by atoms with van der Waals surface area (Å²) in [5.74, 6) is 0.574. The Bertz CT molecular complexity index is 861. The van der Waals surface area contributed by atoms with Crippen LogP contribution in [0.25, 0.3) is 0 Å². The fourth-order valence-electron chi connectivity index (χ4n) is 2.55. The molecule has 0 aliphatic carbocycles. The highest BCUT2D eigenvalue weighted by molar-refractivity contribution is 6.03. The zero-order chi connectivity index (χ0) is 17.5. The van der Waals surface area contributed by atoms with Gasteiger partial charge in [0.05, 0.1) is 18.3 Å². The molecule has 0 radical (unpaired) electrons. The number of benzene rings is 2. The zero-order valence-corrected chi connectivity index (χ0v) is 13.8. The minimum absolute atomic E-state index is 0.0808. The fourth-order valence-corrected chi connectivity index (χ4v) is 2.55. The lowest BCUT2D eigenvalue weighted by molar-refractivity contribution is -0.681. The van der Waals surface area contributed by atoms with E-state index in [4.69, 9.17) is 0 Å². The number of rotatable bonds is 6. The number of hydrogen-bond acceptors (Lipinski definition) is 2. The van der Waals surface area contributed by atoms with E-state index in [1.807, 2.05) is 77.5 Å². The predicted molar refractivity (Wildman–Crippen MR) is 96.4 cm³/mol. The zero-order valence-electron chi connectivity index (χ0n) is 13.8. The van der Waals surface area contributed by atoms with Gasteiger partial charge in [-0.05, 0) is 18.2 Å². The molecule has 0 fully saturated rings. The van der Waals surface area contributed by atoms with Gasteiger partial charge in [0.15, 0.2) is 5.78 Å². The van der Waals surface area contributed by atoms with Crippen molar-refractivity contribution in [2.24, 2.45) is 0 Å². The maximum Gasteiger partial charge on any atom is 0.339 e. The van der Waals surface area contributed by atoms with Crippen molar-refractivity contribution in [2.75, 3.05) is 5.32 Å². The molecule has 3 aromatic rings. The third kappa shape index (κ3) is 4.38. The molecular weight excluding hydrogens is 312 g/mol. The van der Waals surface area contributed by atoms with Crippen LogP contribution in [0.4, 0.5) is 5.82 Å². The number of nitrogens with one attached hydrogen (secondary N) is 1. The van der Waals surface area contributed by atoms with Crippen molar-refractivity contribution in [3.63, 3.8) is 0 Å². The van der Waals surface area contributed by atoms with E-state index < -0.39 is 0 Å². The van der Waals surface area contributed by atoms with Crippen molar-refractivity contribution in [1.82, 2.24) is 0 Å². The number of anilines is 1. The lowest BCUT2D eigenvalue weighted by Gasteiger charge is -2.06. The summed E-state index contributed by atoms with van der Waals surface area (Å²) in [5.41, 5.74) is 1.30. The van der Waals surface area contributed by atoms with Gasteiger partial charge in [0.2, 0.25) is 0 Å². The van der Waals surface area contributed by atoms with Gasteiger partial charge < -0.3 is 0 Å². The van der Waals surface area contributed by atoms with Gasteiger partial charge >= 0.3 is 5.91 Å². The molecule has 1 aromatic heterocycles. The minimum atomic E-state index is -0.171. The van der Waals surface area contributed by atoms with Gasteiger partial charge in [-0.15, -0.1) is 0 Å². The van der Waals surface area contributed by atoms with Crippen LogP contribution in [0.3, 0.4) is 0 Å². The van der Waals surface area contributed by atoms with Gasteiger partial charge in [0.1, 0.15) is 0 Å². The Morgan fingerprint density at radius 1 is 0.760 bits per heavy atom. The van der Waals surface area contributed by atoms with Gasteiger partial charge in [-0.25, -0.2) is 14.7 Å². The Morgan fingerprint density at radius 2 is 1.36 bits per heavy atom. The molecule has 0 bridgehead atoms. The van der Waals surface area contributed by atoms with E-state index >= 15 is 0 Å². The van der Waals surface area contributed by atoms with E-state index in [9.17, 15) is 9.59 Å². The molecular formula is C21H19N2O2+. The number of aromatic nitrogens is 1. The molecule has 25 heavy (non-hydrogen) atoms. The molecule has 0 aliphatic heterocycles. The first-order valence-corrected chi connectivity index (χ1v) is 8.17. The van der Waals surface area contributed by atoms with E-state index in [0.29, 0.717) is 29.9 Å². The molecule has 4 nitrogen and oxygen atoms in total. The first-order valence-electron chi connectivity index (χ1n) is 8.17. The first kappa shape index (κ1) is 16.6. The van der Waals surface area contributed by atoms with Crippen LogP contribution in [-0.4, -0.2) is 11.7 Å². The van der Waals surface area contributed by atoms with Crippen molar-refractivity contribution in [3.8, 4) is 0 Å². The number of carbonyl (C=O) groups is 2. The van der Waals surface area contributed by atoms with Crippen LogP contribution in [0, 0.1) is 0 Å². The Morgan fingerprint density at radius 3 is 2.04 bits per heavy atom. The van der Waals surface area contributed by atoms with Crippen molar-refractivity contribution in [3.05, 3.63) is 96.2 Å². The third-order valence-corrected chi connectivity index (χ3v) is 3.89. The van der Waals surface area contributed by atoms with Gasteiger partial charge in [0.25, 0.3) is 5.82 Å². The van der Waals surface area contributed by atoms with Crippen LogP contribution >= 0.6 is 0 Å². The van der Waals surface area contributed by atoms with Crippen molar-refractivity contribution in [2.45, 2.75) is 13.0 Å². The number of Topliss-reactive ketones (excluding diaryl/α,β-unsaturated/α-hetero) is 1. The van der Waals surface area contributed by atoms with Crippen LogP contribution in [0.15, 0.2) is 85.1 Å². The Hall–Kier alpha value is -3.27. The molecule has 0 saturated heterocycles. The highest BCUT2D eigenvalue weighted by Gasteiger charge is 2.16. The lowest BCUT2D eigenvalue weighted by Crippen LogP contribution is -2.38. The molecule has 3 rings (SSSR count). The smallest absolute Gasteiger partial charge is 0.294 e. The second-order valence-electron chi connectivity index (χ2n) is 5.64. The maximum absolute atomic E-state index is 12.3. The molecule has 0 aliphatic rings. The molecule has 0 unspecified atom stereocenters. The summed E-state index contributed by atoms with van der Waals surface area (Å²) in [6.07, 6.45) is 2.23. The highest BCUT2D eigenvalue weighted by Crippen LogP contribution is 2.07.